The Morgan fingerprint density at radius 1 is 0.941 bits per heavy atom. The van der Waals surface area contributed by atoms with Crippen molar-refractivity contribution in [3.8, 4) is 5.75 Å². The molecule has 2 aromatic carbocycles. The maximum atomic E-state index is 14.6. The summed E-state index contributed by atoms with van der Waals surface area (Å²) >= 11 is 0. The van der Waals surface area contributed by atoms with Crippen molar-refractivity contribution in [3.05, 3.63) is 78.4 Å². The number of nitrogens with zero attached hydrogens (tertiary/aromatic N) is 5. The zero-order valence-corrected chi connectivity index (χ0v) is 19.2. The molecule has 0 radical (unpaired) electrons. The molecule has 0 amide bonds. The molecule has 0 spiro atoms. The fourth-order valence-electron chi connectivity index (χ4n) is 4.35. The smallest absolute Gasteiger partial charge is 0.137 e. The number of halogens is 2. The van der Waals surface area contributed by atoms with E-state index in [9.17, 15) is 13.9 Å². The summed E-state index contributed by atoms with van der Waals surface area (Å²) in [5.41, 5.74) is -1.51. The highest BCUT2D eigenvalue weighted by molar-refractivity contribution is 5.26. The van der Waals surface area contributed by atoms with E-state index in [1.807, 2.05) is 30.3 Å². The van der Waals surface area contributed by atoms with Crippen molar-refractivity contribution in [1.29, 1.82) is 0 Å². The Hall–Kier alpha value is -2.88. The highest BCUT2D eigenvalue weighted by atomic mass is 19.1. The van der Waals surface area contributed by atoms with Gasteiger partial charge in [-0.3, -0.25) is 4.90 Å². The maximum Gasteiger partial charge on any atom is 0.137 e. The predicted molar refractivity (Wildman–Crippen MR) is 124 cm³/mol. The number of hydrogen-bond donors (Lipinski definition) is 1. The van der Waals surface area contributed by atoms with Gasteiger partial charge in [0, 0.05) is 44.4 Å². The molecule has 182 valence electrons. The zero-order chi connectivity index (χ0) is 23.8. The van der Waals surface area contributed by atoms with Crippen LogP contribution in [0.3, 0.4) is 0 Å². The minimum atomic E-state index is -1.57. The number of hydrogen-bond acceptors (Lipinski definition) is 6. The van der Waals surface area contributed by atoms with Crippen molar-refractivity contribution < 1.29 is 18.6 Å². The second kappa shape index (κ2) is 11.5. The summed E-state index contributed by atoms with van der Waals surface area (Å²) in [5.74, 6) is -0.543. The van der Waals surface area contributed by atoms with E-state index in [4.69, 9.17) is 4.74 Å². The van der Waals surface area contributed by atoms with Crippen molar-refractivity contribution in [1.82, 2.24) is 24.6 Å². The van der Waals surface area contributed by atoms with E-state index in [2.05, 4.69) is 19.9 Å². The van der Waals surface area contributed by atoms with Crippen molar-refractivity contribution in [2.45, 2.75) is 25.0 Å². The molecule has 1 fully saturated rings. The van der Waals surface area contributed by atoms with Crippen LogP contribution in [-0.4, -0.2) is 75.5 Å². The highest BCUT2D eigenvalue weighted by Crippen LogP contribution is 2.28. The second-order valence-corrected chi connectivity index (χ2v) is 8.74. The molecule has 2 heterocycles. The van der Waals surface area contributed by atoms with E-state index in [-0.39, 0.29) is 18.7 Å². The molecule has 1 saturated heterocycles. The lowest BCUT2D eigenvalue weighted by Gasteiger charge is -2.39. The van der Waals surface area contributed by atoms with Gasteiger partial charge in [0.25, 0.3) is 0 Å². The minimum Gasteiger partial charge on any atom is -0.494 e. The van der Waals surface area contributed by atoms with E-state index >= 15 is 0 Å². The molecule has 0 aliphatic carbocycles. The van der Waals surface area contributed by atoms with Gasteiger partial charge in [-0.15, -0.1) is 0 Å². The summed E-state index contributed by atoms with van der Waals surface area (Å²) in [7, 11) is 0. The summed E-state index contributed by atoms with van der Waals surface area (Å²) in [6.45, 7) is 5.16. The Kier molecular flexibility index (Phi) is 8.21. The third kappa shape index (κ3) is 6.59. The van der Waals surface area contributed by atoms with Gasteiger partial charge in [0.05, 0.1) is 13.2 Å². The van der Waals surface area contributed by atoms with Crippen molar-refractivity contribution in [2.24, 2.45) is 0 Å². The molecule has 9 heteroatoms. The summed E-state index contributed by atoms with van der Waals surface area (Å²) in [6, 6.07) is 13.1. The predicted octanol–water partition coefficient (Wildman–Crippen LogP) is 2.92. The van der Waals surface area contributed by atoms with Crippen molar-refractivity contribution >= 4 is 0 Å². The van der Waals surface area contributed by atoms with Crippen LogP contribution in [0.15, 0.2) is 61.2 Å². The molecular weight excluding hydrogens is 440 g/mol. The first-order chi connectivity index (χ1) is 16.5. The first-order valence-electron chi connectivity index (χ1n) is 11.6. The average Bonchev–Trinajstić information content (AvgIpc) is 3.33. The lowest BCUT2D eigenvalue weighted by atomic mass is 9.92. The van der Waals surface area contributed by atoms with Gasteiger partial charge in [0.15, 0.2) is 0 Å². The van der Waals surface area contributed by atoms with Crippen LogP contribution >= 0.6 is 0 Å². The lowest BCUT2D eigenvalue weighted by Crippen LogP contribution is -2.52. The number of piperazine rings is 1. The molecule has 3 aromatic rings. The van der Waals surface area contributed by atoms with Crippen molar-refractivity contribution in [3.63, 3.8) is 0 Å². The summed E-state index contributed by atoms with van der Waals surface area (Å²) in [4.78, 5) is 8.43. The van der Waals surface area contributed by atoms with Crippen LogP contribution < -0.4 is 4.74 Å². The van der Waals surface area contributed by atoms with Crippen LogP contribution in [0.1, 0.15) is 18.4 Å². The quantitative estimate of drug-likeness (QED) is 0.434. The van der Waals surface area contributed by atoms with Gasteiger partial charge in [-0.1, -0.05) is 24.3 Å². The maximum absolute atomic E-state index is 14.6. The van der Waals surface area contributed by atoms with Gasteiger partial charge in [0.1, 0.15) is 35.6 Å². The molecule has 34 heavy (non-hydrogen) atoms. The summed E-state index contributed by atoms with van der Waals surface area (Å²) < 4.78 is 35.3. The van der Waals surface area contributed by atoms with Gasteiger partial charge in [-0.2, -0.15) is 5.10 Å². The van der Waals surface area contributed by atoms with Gasteiger partial charge in [-0.05, 0) is 37.6 Å². The first-order valence-corrected chi connectivity index (χ1v) is 11.6. The Bertz CT molecular complexity index is 1010. The standard InChI is InChI=1S/C25H31F2N5O2/c26-21-8-9-23(24(27)16-21)25(33,18-32-20-28-19-29-32)17-31-13-11-30(12-14-31)10-4-5-15-34-22-6-2-1-3-7-22/h1-3,6-9,16,19-20,33H,4-5,10-15,17-18H2. The third-order valence-electron chi connectivity index (χ3n) is 6.15. The summed E-state index contributed by atoms with van der Waals surface area (Å²) in [6.07, 6.45) is 4.87. The SMILES string of the molecule is OC(CN1CCN(CCCCOc2ccccc2)CC1)(Cn1cncn1)c1ccc(F)cc1F. The molecule has 1 unspecified atom stereocenters. The lowest BCUT2D eigenvalue weighted by molar-refractivity contribution is -0.0319. The Balaban J connectivity index is 1.27. The Morgan fingerprint density at radius 2 is 1.71 bits per heavy atom. The van der Waals surface area contributed by atoms with E-state index in [1.165, 1.54) is 29.5 Å². The summed E-state index contributed by atoms with van der Waals surface area (Å²) in [5, 5.41) is 15.6. The second-order valence-electron chi connectivity index (χ2n) is 8.74. The number of aromatic nitrogens is 3. The van der Waals surface area contributed by atoms with E-state index in [0.29, 0.717) is 6.61 Å². The van der Waals surface area contributed by atoms with Crippen LogP contribution in [0.25, 0.3) is 0 Å². The number of aliphatic hydroxyl groups is 1. The number of β-amino-alcohol motifs (C(OH)–C–C–N with tert-alkyl or cyclic N) is 1. The van der Waals surface area contributed by atoms with Gasteiger partial charge in [0.2, 0.25) is 0 Å². The highest BCUT2D eigenvalue weighted by Gasteiger charge is 2.36. The van der Waals surface area contributed by atoms with Crippen LogP contribution in [0.2, 0.25) is 0 Å². The molecule has 4 rings (SSSR count). The van der Waals surface area contributed by atoms with Gasteiger partial charge in [-0.25, -0.2) is 18.4 Å². The minimum absolute atomic E-state index is 0.0250. The fraction of sp³-hybridized carbons (Fsp3) is 0.440. The molecule has 0 saturated carbocycles. The Labute approximate surface area is 198 Å². The number of rotatable bonds is 11. The molecule has 1 aliphatic heterocycles. The molecule has 1 N–H and O–H groups in total. The van der Waals surface area contributed by atoms with Crippen molar-refractivity contribution in [2.75, 3.05) is 45.9 Å². The van der Waals surface area contributed by atoms with Gasteiger partial charge >= 0.3 is 0 Å². The third-order valence-corrected chi connectivity index (χ3v) is 6.15. The van der Waals surface area contributed by atoms with Crippen LogP contribution in [0.4, 0.5) is 8.78 Å². The number of para-hydroxylation sites is 1. The largest absolute Gasteiger partial charge is 0.494 e. The van der Waals surface area contributed by atoms with E-state index in [1.54, 1.807) is 0 Å². The normalized spacial score (nSPS) is 16.9. The molecular formula is C25H31F2N5O2. The monoisotopic (exact) mass is 471 g/mol. The van der Waals surface area contributed by atoms with Crippen LogP contribution in [0, 0.1) is 11.6 Å². The zero-order valence-electron chi connectivity index (χ0n) is 19.2. The molecule has 1 aliphatic rings. The molecule has 0 bridgehead atoms. The van der Waals surface area contributed by atoms with Crippen LogP contribution in [0.5, 0.6) is 5.75 Å². The molecule has 7 nitrogen and oxygen atoms in total. The first kappa shape index (κ1) is 24.3. The van der Waals surface area contributed by atoms with E-state index < -0.39 is 17.2 Å². The average molecular weight is 472 g/mol. The number of unbranched alkanes of at least 4 members (excludes halogenated alkanes) is 1. The number of ether oxygens (including phenoxy) is 1. The van der Waals surface area contributed by atoms with Crippen LogP contribution in [-0.2, 0) is 12.1 Å². The number of benzene rings is 2. The van der Waals surface area contributed by atoms with Gasteiger partial charge < -0.3 is 14.7 Å². The van der Waals surface area contributed by atoms with E-state index in [0.717, 1.165) is 57.4 Å². The molecule has 1 atom stereocenters. The Morgan fingerprint density at radius 3 is 2.41 bits per heavy atom. The topological polar surface area (TPSA) is 66.7 Å². The fourth-order valence-corrected chi connectivity index (χ4v) is 4.35. The molecule has 1 aromatic heterocycles.